The molecule has 0 spiro atoms. The van der Waals surface area contributed by atoms with Crippen LogP contribution in [0.5, 0.6) is 0 Å². The number of rotatable bonds is 6. The van der Waals surface area contributed by atoms with Crippen LogP contribution in [0.3, 0.4) is 0 Å². The molecule has 10 heteroatoms. The number of aromatic nitrogens is 3. The van der Waals surface area contributed by atoms with Crippen molar-refractivity contribution in [3.05, 3.63) is 45.7 Å². The lowest BCUT2D eigenvalue weighted by Gasteiger charge is -2.14. The summed E-state index contributed by atoms with van der Waals surface area (Å²) in [5.74, 6) is -0.913. The largest absolute Gasteiger partial charge is 0.416 e. The molecule has 0 saturated heterocycles. The Kier molecular flexibility index (Phi) is 5.93. The minimum atomic E-state index is -4.70. The number of nitrogens with one attached hydrogen (secondary N) is 2. The van der Waals surface area contributed by atoms with Gasteiger partial charge in [0, 0.05) is 13.0 Å². The van der Waals surface area contributed by atoms with E-state index in [4.69, 9.17) is 12.2 Å². The number of H-pyrrole nitrogens is 1. The minimum Gasteiger partial charge on any atom is -0.350 e. The SMILES string of the molecule is CCCc1n[nH]c(=S)n1CC(=O)NCc1ccc(F)cc1C(F)(F)F. The third kappa shape index (κ3) is 4.88. The highest BCUT2D eigenvalue weighted by molar-refractivity contribution is 7.71. The second-order valence-electron chi connectivity index (χ2n) is 5.36. The van der Waals surface area contributed by atoms with Crippen molar-refractivity contribution in [2.75, 3.05) is 0 Å². The van der Waals surface area contributed by atoms with Crippen LogP contribution in [-0.4, -0.2) is 20.7 Å². The number of benzene rings is 1. The summed E-state index contributed by atoms with van der Waals surface area (Å²) in [6.07, 6.45) is -3.30. The molecule has 1 heterocycles. The lowest BCUT2D eigenvalue weighted by Crippen LogP contribution is -2.29. The number of halogens is 4. The van der Waals surface area contributed by atoms with Crippen molar-refractivity contribution in [1.29, 1.82) is 0 Å². The lowest BCUT2D eigenvalue weighted by molar-refractivity contribution is -0.138. The summed E-state index contributed by atoms with van der Waals surface area (Å²) < 4.78 is 53.6. The summed E-state index contributed by atoms with van der Waals surface area (Å²) in [7, 11) is 0. The van der Waals surface area contributed by atoms with Gasteiger partial charge in [-0.25, -0.2) is 4.39 Å². The summed E-state index contributed by atoms with van der Waals surface area (Å²) in [6.45, 7) is 1.41. The van der Waals surface area contributed by atoms with Crippen LogP contribution in [0.25, 0.3) is 0 Å². The van der Waals surface area contributed by atoms with E-state index < -0.39 is 23.5 Å². The summed E-state index contributed by atoms with van der Waals surface area (Å²) in [4.78, 5) is 12.0. The molecule has 0 radical (unpaired) electrons. The second-order valence-corrected chi connectivity index (χ2v) is 5.74. The van der Waals surface area contributed by atoms with Crippen molar-refractivity contribution in [2.24, 2.45) is 0 Å². The number of hydrogen-bond acceptors (Lipinski definition) is 3. The Labute approximate surface area is 146 Å². The lowest BCUT2D eigenvalue weighted by atomic mass is 10.1. The molecule has 0 atom stereocenters. The Balaban J connectivity index is 2.09. The van der Waals surface area contributed by atoms with Crippen LogP contribution in [0.4, 0.5) is 17.6 Å². The molecule has 1 aromatic carbocycles. The average Bonchev–Trinajstić information content (AvgIpc) is 2.86. The first-order chi connectivity index (χ1) is 11.7. The van der Waals surface area contributed by atoms with Gasteiger partial charge in [-0.05, 0) is 36.3 Å². The third-order valence-electron chi connectivity index (χ3n) is 3.47. The normalized spacial score (nSPS) is 11.6. The Morgan fingerprint density at radius 1 is 1.40 bits per heavy atom. The van der Waals surface area contributed by atoms with Gasteiger partial charge >= 0.3 is 6.18 Å². The molecule has 0 fully saturated rings. The number of hydrogen-bond donors (Lipinski definition) is 2. The number of alkyl halides is 3. The molecule has 2 rings (SSSR count). The van der Waals surface area contributed by atoms with Gasteiger partial charge in [0.25, 0.3) is 0 Å². The van der Waals surface area contributed by atoms with Gasteiger partial charge in [0.05, 0.1) is 5.56 Å². The number of amides is 1. The van der Waals surface area contributed by atoms with Gasteiger partial charge in [0.1, 0.15) is 18.2 Å². The Morgan fingerprint density at radius 3 is 2.76 bits per heavy atom. The summed E-state index contributed by atoms with van der Waals surface area (Å²) >= 11 is 5.04. The van der Waals surface area contributed by atoms with Crippen LogP contribution in [-0.2, 0) is 30.5 Å². The molecule has 1 aromatic heterocycles. The standard InChI is InChI=1S/C15H16F4N4OS/c1-2-3-12-21-22-14(25)23(12)8-13(24)20-7-9-4-5-10(16)6-11(9)15(17,18)19/h4-6H,2-3,7-8H2,1H3,(H,20,24)(H,22,25). The molecule has 5 nitrogen and oxygen atoms in total. The summed E-state index contributed by atoms with van der Waals surface area (Å²) in [5, 5.41) is 8.99. The molecule has 0 saturated carbocycles. The van der Waals surface area contributed by atoms with Crippen molar-refractivity contribution in [3.8, 4) is 0 Å². The fourth-order valence-electron chi connectivity index (χ4n) is 2.29. The van der Waals surface area contributed by atoms with Gasteiger partial charge < -0.3 is 5.32 Å². The van der Waals surface area contributed by atoms with Crippen molar-refractivity contribution in [2.45, 2.75) is 39.0 Å². The van der Waals surface area contributed by atoms with Gasteiger partial charge in [-0.1, -0.05) is 13.0 Å². The third-order valence-corrected chi connectivity index (χ3v) is 3.78. The molecule has 2 aromatic rings. The first-order valence-electron chi connectivity index (χ1n) is 7.48. The van der Waals surface area contributed by atoms with E-state index >= 15 is 0 Å². The maximum atomic E-state index is 13.1. The van der Waals surface area contributed by atoms with E-state index in [0.29, 0.717) is 18.3 Å². The minimum absolute atomic E-state index is 0.160. The van der Waals surface area contributed by atoms with Crippen molar-refractivity contribution < 1.29 is 22.4 Å². The van der Waals surface area contributed by atoms with E-state index in [-0.39, 0.29) is 23.4 Å². The highest BCUT2D eigenvalue weighted by Gasteiger charge is 2.33. The predicted octanol–water partition coefficient (Wildman–Crippen LogP) is 3.37. The maximum Gasteiger partial charge on any atom is 0.416 e. The molecule has 25 heavy (non-hydrogen) atoms. The number of nitrogens with zero attached hydrogens (tertiary/aromatic N) is 2. The quantitative estimate of drug-likeness (QED) is 0.600. The molecular formula is C15H16F4N4OS. The van der Waals surface area contributed by atoms with Crippen LogP contribution in [0.15, 0.2) is 18.2 Å². The molecular weight excluding hydrogens is 360 g/mol. The Bertz CT molecular complexity index is 813. The Hall–Kier alpha value is -2.23. The number of carbonyl (C=O) groups excluding carboxylic acids is 1. The molecule has 0 aliphatic heterocycles. The van der Waals surface area contributed by atoms with Crippen LogP contribution in [0.1, 0.15) is 30.3 Å². The summed E-state index contributed by atoms with van der Waals surface area (Å²) in [6, 6.07) is 2.33. The first kappa shape index (κ1) is 19.1. The zero-order chi connectivity index (χ0) is 18.6. The number of carbonyl (C=O) groups is 1. The van der Waals surface area contributed by atoms with E-state index in [2.05, 4.69) is 15.5 Å². The maximum absolute atomic E-state index is 13.1. The van der Waals surface area contributed by atoms with Gasteiger partial charge in [0.2, 0.25) is 5.91 Å². The predicted molar refractivity (Wildman–Crippen MR) is 84.7 cm³/mol. The monoisotopic (exact) mass is 376 g/mol. The number of aryl methyl sites for hydroxylation is 1. The topological polar surface area (TPSA) is 62.7 Å². The summed E-state index contributed by atoms with van der Waals surface area (Å²) in [5.41, 5.74) is -1.33. The molecule has 2 N–H and O–H groups in total. The molecule has 0 bridgehead atoms. The van der Waals surface area contributed by atoms with E-state index in [0.717, 1.165) is 18.6 Å². The van der Waals surface area contributed by atoms with E-state index in [1.54, 1.807) is 0 Å². The molecule has 0 unspecified atom stereocenters. The van der Waals surface area contributed by atoms with Crippen molar-refractivity contribution in [3.63, 3.8) is 0 Å². The first-order valence-corrected chi connectivity index (χ1v) is 7.89. The zero-order valence-electron chi connectivity index (χ0n) is 13.3. The van der Waals surface area contributed by atoms with Gasteiger partial charge in [-0.15, -0.1) is 0 Å². The van der Waals surface area contributed by atoms with E-state index in [1.807, 2.05) is 6.92 Å². The van der Waals surface area contributed by atoms with Crippen molar-refractivity contribution >= 4 is 18.1 Å². The number of aromatic amines is 1. The van der Waals surface area contributed by atoms with E-state index in [9.17, 15) is 22.4 Å². The highest BCUT2D eigenvalue weighted by atomic mass is 32.1. The van der Waals surface area contributed by atoms with Crippen LogP contribution >= 0.6 is 12.2 Å². The van der Waals surface area contributed by atoms with Gasteiger partial charge in [-0.3, -0.25) is 14.5 Å². The van der Waals surface area contributed by atoms with Crippen LogP contribution < -0.4 is 5.32 Å². The van der Waals surface area contributed by atoms with Crippen molar-refractivity contribution in [1.82, 2.24) is 20.1 Å². The van der Waals surface area contributed by atoms with Crippen LogP contribution in [0.2, 0.25) is 0 Å². The molecule has 0 aliphatic carbocycles. The molecule has 0 aliphatic rings. The molecule has 1 amide bonds. The van der Waals surface area contributed by atoms with E-state index in [1.165, 1.54) is 4.57 Å². The van der Waals surface area contributed by atoms with Gasteiger partial charge in [-0.2, -0.15) is 18.3 Å². The van der Waals surface area contributed by atoms with Gasteiger partial charge in [0.15, 0.2) is 4.77 Å². The Morgan fingerprint density at radius 2 is 2.12 bits per heavy atom. The second kappa shape index (κ2) is 7.77. The highest BCUT2D eigenvalue weighted by Crippen LogP contribution is 2.32. The smallest absolute Gasteiger partial charge is 0.350 e. The fraction of sp³-hybridized carbons (Fsp3) is 0.400. The van der Waals surface area contributed by atoms with Crippen LogP contribution in [0, 0.1) is 10.6 Å². The molecule has 136 valence electrons. The average molecular weight is 376 g/mol. The zero-order valence-corrected chi connectivity index (χ0v) is 14.1. The fourth-order valence-corrected chi connectivity index (χ4v) is 2.50.